The second kappa shape index (κ2) is 4.83. The molecule has 0 radical (unpaired) electrons. The average molecular weight is 291 g/mol. The van der Waals surface area contributed by atoms with E-state index in [1.165, 1.54) is 10.8 Å². The van der Waals surface area contributed by atoms with Gasteiger partial charge in [0.25, 0.3) is 0 Å². The molecule has 1 heterocycles. The summed E-state index contributed by atoms with van der Waals surface area (Å²) >= 11 is 5.92. The van der Waals surface area contributed by atoms with E-state index in [-0.39, 0.29) is 0 Å². The topological polar surface area (TPSA) is 25.8 Å². The van der Waals surface area contributed by atoms with Crippen molar-refractivity contribution in [2.24, 2.45) is 0 Å². The lowest BCUT2D eigenvalue weighted by molar-refractivity contribution is 1.23. The number of benzene rings is 3. The van der Waals surface area contributed by atoms with Gasteiger partial charge in [-0.25, -0.2) is 9.97 Å². The SMILES string of the molecule is Clc1ccc(-c2ncc3c(ccc4ccccc43)n2)cc1. The quantitative estimate of drug-likeness (QED) is 0.456. The number of hydrogen-bond donors (Lipinski definition) is 0. The fraction of sp³-hybridized carbons (Fsp3) is 0. The second-order valence-corrected chi connectivity index (χ2v) is 5.36. The zero-order chi connectivity index (χ0) is 14.2. The Bertz CT molecular complexity index is 946. The van der Waals surface area contributed by atoms with E-state index < -0.39 is 0 Å². The summed E-state index contributed by atoms with van der Waals surface area (Å²) in [4.78, 5) is 9.17. The summed E-state index contributed by atoms with van der Waals surface area (Å²) in [6.07, 6.45) is 1.90. The summed E-state index contributed by atoms with van der Waals surface area (Å²) in [5, 5.41) is 4.17. The number of hydrogen-bond acceptors (Lipinski definition) is 2. The molecule has 0 bridgehead atoms. The van der Waals surface area contributed by atoms with Gasteiger partial charge in [-0.05, 0) is 41.1 Å². The van der Waals surface area contributed by atoms with E-state index in [1.807, 2.05) is 48.7 Å². The van der Waals surface area contributed by atoms with Gasteiger partial charge in [-0.2, -0.15) is 0 Å². The van der Waals surface area contributed by atoms with Gasteiger partial charge in [0.15, 0.2) is 5.82 Å². The molecule has 100 valence electrons. The van der Waals surface area contributed by atoms with Crippen LogP contribution in [0.2, 0.25) is 5.02 Å². The van der Waals surface area contributed by atoms with E-state index in [4.69, 9.17) is 11.6 Å². The Kier molecular flexibility index (Phi) is 2.83. The molecule has 0 aliphatic carbocycles. The van der Waals surface area contributed by atoms with Crippen LogP contribution in [-0.2, 0) is 0 Å². The third kappa shape index (κ3) is 2.14. The van der Waals surface area contributed by atoms with Crippen LogP contribution in [0.3, 0.4) is 0 Å². The van der Waals surface area contributed by atoms with Crippen molar-refractivity contribution in [1.29, 1.82) is 0 Å². The highest BCUT2D eigenvalue weighted by atomic mass is 35.5. The molecule has 0 fully saturated rings. The Morgan fingerprint density at radius 2 is 1.57 bits per heavy atom. The van der Waals surface area contributed by atoms with Gasteiger partial charge in [-0.3, -0.25) is 0 Å². The lowest BCUT2D eigenvalue weighted by Gasteiger charge is -2.05. The highest BCUT2D eigenvalue weighted by Crippen LogP contribution is 2.26. The van der Waals surface area contributed by atoms with Crippen LogP contribution in [0.1, 0.15) is 0 Å². The molecule has 0 aliphatic heterocycles. The molecule has 21 heavy (non-hydrogen) atoms. The summed E-state index contributed by atoms with van der Waals surface area (Å²) in [5.41, 5.74) is 1.92. The molecule has 1 aromatic heterocycles. The fourth-order valence-electron chi connectivity index (χ4n) is 2.52. The third-order valence-electron chi connectivity index (χ3n) is 3.59. The van der Waals surface area contributed by atoms with Gasteiger partial charge < -0.3 is 0 Å². The largest absolute Gasteiger partial charge is 0.236 e. The minimum Gasteiger partial charge on any atom is -0.236 e. The zero-order valence-corrected chi connectivity index (χ0v) is 11.9. The van der Waals surface area contributed by atoms with Crippen molar-refractivity contribution in [3.63, 3.8) is 0 Å². The molecule has 2 nitrogen and oxygen atoms in total. The Hall–Kier alpha value is -2.45. The fourth-order valence-corrected chi connectivity index (χ4v) is 2.65. The first-order valence-corrected chi connectivity index (χ1v) is 7.09. The first-order chi connectivity index (χ1) is 10.3. The molecule has 0 N–H and O–H groups in total. The average Bonchev–Trinajstić information content (AvgIpc) is 2.55. The van der Waals surface area contributed by atoms with Gasteiger partial charge in [-0.15, -0.1) is 0 Å². The molecule has 4 rings (SSSR count). The van der Waals surface area contributed by atoms with Crippen LogP contribution in [0.5, 0.6) is 0 Å². The highest BCUT2D eigenvalue weighted by molar-refractivity contribution is 6.30. The van der Waals surface area contributed by atoms with Gasteiger partial charge in [0.1, 0.15) is 0 Å². The van der Waals surface area contributed by atoms with E-state index in [2.05, 4.69) is 28.2 Å². The Balaban J connectivity index is 1.94. The molecule has 3 heteroatoms. The van der Waals surface area contributed by atoms with Gasteiger partial charge in [0.2, 0.25) is 0 Å². The number of rotatable bonds is 1. The maximum absolute atomic E-state index is 5.92. The van der Waals surface area contributed by atoms with Crippen LogP contribution in [0, 0.1) is 0 Å². The Morgan fingerprint density at radius 3 is 2.43 bits per heavy atom. The van der Waals surface area contributed by atoms with Crippen molar-refractivity contribution in [1.82, 2.24) is 9.97 Å². The molecule has 0 atom stereocenters. The van der Waals surface area contributed by atoms with Gasteiger partial charge >= 0.3 is 0 Å². The van der Waals surface area contributed by atoms with Gasteiger partial charge in [0.05, 0.1) is 5.52 Å². The predicted octanol–water partition coefficient (Wildman–Crippen LogP) is 5.10. The Labute approximate surface area is 127 Å². The third-order valence-corrected chi connectivity index (χ3v) is 3.84. The number of aromatic nitrogens is 2. The normalized spacial score (nSPS) is 11.1. The van der Waals surface area contributed by atoms with Crippen molar-refractivity contribution in [3.05, 3.63) is 71.9 Å². The molecule has 4 aromatic rings. The molecule has 0 saturated heterocycles. The summed E-state index contributed by atoms with van der Waals surface area (Å²) in [5.74, 6) is 0.717. The van der Waals surface area contributed by atoms with E-state index in [1.54, 1.807) is 0 Å². The molecular formula is C18H11ClN2. The molecule has 0 aliphatic rings. The second-order valence-electron chi connectivity index (χ2n) is 4.92. The molecule has 0 unspecified atom stereocenters. The van der Waals surface area contributed by atoms with Crippen LogP contribution < -0.4 is 0 Å². The zero-order valence-electron chi connectivity index (χ0n) is 11.1. The number of nitrogens with zero attached hydrogens (tertiary/aromatic N) is 2. The maximum Gasteiger partial charge on any atom is 0.159 e. The smallest absolute Gasteiger partial charge is 0.159 e. The van der Waals surface area contributed by atoms with Crippen LogP contribution >= 0.6 is 11.6 Å². The summed E-state index contributed by atoms with van der Waals surface area (Å²) in [7, 11) is 0. The first-order valence-electron chi connectivity index (χ1n) is 6.72. The molecular weight excluding hydrogens is 280 g/mol. The minimum atomic E-state index is 0.713. The Morgan fingerprint density at radius 1 is 0.762 bits per heavy atom. The monoisotopic (exact) mass is 290 g/mol. The van der Waals surface area contributed by atoms with E-state index in [9.17, 15) is 0 Å². The summed E-state index contributed by atoms with van der Waals surface area (Å²) in [6, 6.07) is 20.0. The molecule has 0 spiro atoms. The minimum absolute atomic E-state index is 0.713. The highest BCUT2D eigenvalue weighted by Gasteiger charge is 2.05. The molecule has 3 aromatic carbocycles. The van der Waals surface area contributed by atoms with Gasteiger partial charge in [0, 0.05) is 22.2 Å². The first kappa shape index (κ1) is 12.3. The number of fused-ring (bicyclic) bond motifs is 3. The van der Waals surface area contributed by atoms with Crippen LogP contribution in [0.25, 0.3) is 33.1 Å². The van der Waals surface area contributed by atoms with E-state index in [0.29, 0.717) is 5.02 Å². The van der Waals surface area contributed by atoms with Crippen LogP contribution in [-0.4, -0.2) is 9.97 Å². The predicted molar refractivity (Wildman–Crippen MR) is 87.5 cm³/mol. The molecule has 0 amide bonds. The van der Waals surface area contributed by atoms with E-state index in [0.717, 1.165) is 22.3 Å². The summed E-state index contributed by atoms with van der Waals surface area (Å²) < 4.78 is 0. The lowest BCUT2D eigenvalue weighted by atomic mass is 10.1. The lowest BCUT2D eigenvalue weighted by Crippen LogP contribution is -1.90. The van der Waals surface area contributed by atoms with Crippen molar-refractivity contribution in [2.45, 2.75) is 0 Å². The standard InChI is InChI=1S/C18H11ClN2/c19-14-8-5-13(6-9-14)18-20-11-16-15-4-2-1-3-12(15)7-10-17(16)21-18/h1-11H. The number of halogens is 1. The van der Waals surface area contributed by atoms with Crippen LogP contribution in [0.15, 0.2) is 66.9 Å². The maximum atomic E-state index is 5.92. The van der Waals surface area contributed by atoms with Crippen molar-refractivity contribution in [3.8, 4) is 11.4 Å². The summed E-state index contributed by atoms with van der Waals surface area (Å²) in [6.45, 7) is 0. The van der Waals surface area contributed by atoms with E-state index >= 15 is 0 Å². The van der Waals surface area contributed by atoms with Crippen molar-refractivity contribution < 1.29 is 0 Å². The van der Waals surface area contributed by atoms with Crippen molar-refractivity contribution in [2.75, 3.05) is 0 Å². The molecule has 0 saturated carbocycles. The van der Waals surface area contributed by atoms with Crippen LogP contribution in [0.4, 0.5) is 0 Å². The van der Waals surface area contributed by atoms with Gasteiger partial charge in [-0.1, -0.05) is 41.9 Å². The van der Waals surface area contributed by atoms with Crippen molar-refractivity contribution >= 4 is 33.3 Å².